The van der Waals surface area contributed by atoms with E-state index < -0.39 is 11.9 Å². The number of rotatable bonds is 10. The van der Waals surface area contributed by atoms with Crippen LogP contribution in [-0.4, -0.2) is 42.5 Å². The first-order valence-electron chi connectivity index (χ1n) is 10.7. The standard InChI is InChI=1S/C25H24BrN3O5/c1-32-24(30)21-22(28-29(23(21)25(31)33-2)18-10-6-5-7-11-18)19-16-17(26)12-13-20(19)34-15-9-4-3-8-14-27/h5-7,10-13,16H,3-4,8-9,15H2,1-2H3. The molecule has 3 rings (SSSR count). The van der Waals surface area contributed by atoms with E-state index in [1.165, 1.54) is 18.9 Å². The van der Waals surface area contributed by atoms with Gasteiger partial charge in [-0.05, 0) is 49.6 Å². The maximum Gasteiger partial charge on any atom is 0.357 e. The first kappa shape index (κ1) is 25.0. The smallest absolute Gasteiger partial charge is 0.357 e. The van der Waals surface area contributed by atoms with Crippen LogP contribution >= 0.6 is 15.9 Å². The number of unbranched alkanes of at least 4 members (excludes halogenated alkanes) is 3. The Hall–Kier alpha value is -3.64. The van der Waals surface area contributed by atoms with Crippen molar-refractivity contribution in [3.8, 4) is 28.8 Å². The van der Waals surface area contributed by atoms with Crippen LogP contribution in [0.15, 0.2) is 53.0 Å². The number of aromatic nitrogens is 2. The van der Waals surface area contributed by atoms with E-state index in [-0.39, 0.29) is 17.0 Å². The lowest BCUT2D eigenvalue weighted by Gasteiger charge is -2.12. The first-order valence-corrected chi connectivity index (χ1v) is 11.5. The fourth-order valence-corrected chi connectivity index (χ4v) is 3.78. The molecule has 0 fully saturated rings. The highest BCUT2D eigenvalue weighted by atomic mass is 79.9. The Morgan fingerprint density at radius 1 is 1.03 bits per heavy atom. The van der Waals surface area contributed by atoms with E-state index in [1.54, 1.807) is 36.4 Å². The van der Waals surface area contributed by atoms with Crippen molar-refractivity contribution in [3.05, 3.63) is 64.3 Å². The second-order valence-electron chi connectivity index (χ2n) is 7.26. The number of halogens is 1. The van der Waals surface area contributed by atoms with Crippen molar-refractivity contribution in [2.75, 3.05) is 20.8 Å². The van der Waals surface area contributed by atoms with Crippen LogP contribution in [0.5, 0.6) is 5.75 Å². The third-order valence-corrected chi connectivity index (χ3v) is 5.53. The Morgan fingerprint density at radius 2 is 1.76 bits per heavy atom. The van der Waals surface area contributed by atoms with Crippen LogP contribution in [0.4, 0.5) is 0 Å². The SMILES string of the molecule is COC(=O)c1c(-c2cc(Br)ccc2OCCCCCC#N)nn(-c2ccccc2)c1C(=O)OC. The first-order chi connectivity index (χ1) is 16.5. The second-order valence-corrected chi connectivity index (χ2v) is 8.18. The van der Waals surface area contributed by atoms with E-state index in [4.69, 9.17) is 19.5 Å². The summed E-state index contributed by atoms with van der Waals surface area (Å²) in [5.41, 5.74) is 1.27. The molecule has 2 aromatic carbocycles. The van der Waals surface area contributed by atoms with E-state index in [0.717, 1.165) is 23.7 Å². The highest BCUT2D eigenvalue weighted by Gasteiger charge is 2.32. The van der Waals surface area contributed by atoms with Gasteiger partial charge in [-0.1, -0.05) is 34.1 Å². The summed E-state index contributed by atoms with van der Waals surface area (Å²) in [5.74, 6) is -0.944. The minimum Gasteiger partial charge on any atom is -0.493 e. The number of benzene rings is 2. The van der Waals surface area contributed by atoms with Crippen molar-refractivity contribution < 1.29 is 23.8 Å². The number of hydrogen-bond donors (Lipinski definition) is 0. The van der Waals surface area contributed by atoms with Crippen LogP contribution in [0.2, 0.25) is 0 Å². The molecule has 0 saturated carbocycles. The molecule has 0 aliphatic heterocycles. The van der Waals surface area contributed by atoms with Gasteiger partial charge in [0.25, 0.3) is 0 Å². The summed E-state index contributed by atoms with van der Waals surface area (Å²) in [6.45, 7) is 0.427. The van der Waals surface area contributed by atoms with Gasteiger partial charge in [-0.3, -0.25) is 0 Å². The highest BCUT2D eigenvalue weighted by molar-refractivity contribution is 9.10. The van der Waals surface area contributed by atoms with E-state index >= 15 is 0 Å². The number of para-hydroxylation sites is 1. The Bertz CT molecular complexity index is 1200. The van der Waals surface area contributed by atoms with Gasteiger partial charge in [0.2, 0.25) is 0 Å². The number of carbonyl (C=O) groups excluding carboxylic acids is 2. The molecule has 0 amide bonds. The van der Waals surface area contributed by atoms with Gasteiger partial charge in [0.1, 0.15) is 17.0 Å². The Kier molecular flexibility index (Phi) is 8.82. The fourth-order valence-electron chi connectivity index (χ4n) is 3.42. The van der Waals surface area contributed by atoms with Gasteiger partial charge >= 0.3 is 11.9 Å². The topological polar surface area (TPSA) is 103 Å². The van der Waals surface area contributed by atoms with Gasteiger partial charge in [-0.15, -0.1) is 0 Å². The summed E-state index contributed by atoms with van der Waals surface area (Å²) in [4.78, 5) is 25.7. The minimum atomic E-state index is -0.724. The number of carbonyl (C=O) groups is 2. The lowest BCUT2D eigenvalue weighted by atomic mass is 10.0. The molecule has 176 valence electrons. The van der Waals surface area contributed by atoms with Gasteiger partial charge < -0.3 is 14.2 Å². The molecule has 0 bridgehead atoms. The summed E-state index contributed by atoms with van der Waals surface area (Å²) in [6.07, 6.45) is 2.96. The van der Waals surface area contributed by atoms with Gasteiger partial charge in [-0.25, -0.2) is 14.3 Å². The van der Waals surface area contributed by atoms with Crippen LogP contribution in [0.1, 0.15) is 46.5 Å². The van der Waals surface area contributed by atoms with E-state index in [2.05, 4.69) is 27.1 Å². The molecule has 0 radical (unpaired) electrons. The van der Waals surface area contributed by atoms with Crippen LogP contribution in [0, 0.1) is 11.3 Å². The monoisotopic (exact) mass is 525 g/mol. The predicted molar refractivity (Wildman–Crippen MR) is 129 cm³/mol. The molecule has 0 N–H and O–H groups in total. The van der Waals surface area contributed by atoms with Crippen molar-refractivity contribution in [2.24, 2.45) is 0 Å². The number of nitrogens with zero attached hydrogens (tertiary/aromatic N) is 3. The van der Waals surface area contributed by atoms with Gasteiger partial charge in [0.15, 0.2) is 5.69 Å². The van der Waals surface area contributed by atoms with Crippen molar-refractivity contribution in [2.45, 2.75) is 25.7 Å². The fraction of sp³-hybridized carbons (Fsp3) is 0.280. The Labute approximate surface area is 206 Å². The zero-order chi connectivity index (χ0) is 24.5. The average molecular weight is 526 g/mol. The quantitative estimate of drug-likeness (QED) is 0.260. The number of ether oxygens (including phenoxy) is 3. The summed E-state index contributed by atoms with van der Waals surface area (Å²) in [5, 5.41) is 13.3. The number of esters is 2. The zero-order valence-corrected chi connectivity index (χ0v) is 20.5. The molecule has 8 nitrogen and oxygen atoms in total. The van der Waals surface area contributed by atoms with Crippen molar-refractivity contribution in [3.63, 3.8) is 0 Å². The van der Waals surface area contributed by atoms with Gasteiger partial charge in [0, 0.05) is 16.5 Å². The molecule has 1 heterocycles. The number of nitriles is 1. The van der Waals surface area contributed by atoms with Crippen LogP contribution in [0.3, 0.4) is 0 Å². The van der Waals surface area contributed by atoms with Crippen molar-refractivity contribution in [1.29, 1.82) is 5.26 Å². The molecule has 0 aliphatic carbocycles. The number of methoxy groups -OCH3 is 2. The molecular formula is C25H24BrN3O5. The summed E-state index contributed by atoms with van der Waals surface area (Å²) >= 11 is 3.47. The van der Waals surface area contributed by atoms with Gasteiger partial charge in [0.05, 0.1) is 32.6 Å². The molecular weight excluding hydrogens is 502 g/mol. The van der Waals surface area contributed by atoms with Crippen molar-refractivity contribution >= 4 is 27.9 Å². The lowest BCUT2D eigenvalue weighted by Crippen LogP contribution is -2.15. The molecule has 0 spiro atoms. The average Bonchev–Trinajstić information content (AvgIpc) is 3.27. The molecule has 0 aliphatic rings. The minimum absolute atomic E-state index is 0.0184. The van der Waals surface area contributed by atoms with Crippen molar-refractivity contribution in [1.82, 2.24) is 9.78 Å². The summed E-state index contributed by atoms with van der Waals surface area (Å²) in [7, 11) is 2.48. The molecule has 0 saturated heterocycles. The number of hydrogen-bond acceptors (Lipinski definition) is 7. The van der Waals surface area contributed by atoms with E-state index in [0.29, 0.717) is 30.0 Å². The van der Waals surface area contributed by atoms with E-state index in [1.807, 2.05) is 12.1 Å². The Balaban J connectivity index is 2.13. The normalized spacial score (nSPS) is 10.4. The largest absolute Gasteiger partial charge is 0.493 e. The third-order valence-electron chi connectivity index (χ3n) is 5.04. The zero-order valence-electron chi connectivity index (χ0n) is 18.9. The molecule has 3 aromatic rings. The molecule has 0 unspecified atom stereocenters. The predicted octanol–water partition coefficient (Wildman–Crippen LogP) is 5.34. The molecule has 9 heteroatoms. The molecule has 1 aromatic heterocycles. The highest BCUT2D eigenvalue weighted by Crippen LogP contribution is 2.37. The van der Waals surface area contributed by atoms with Crippen LogP contribution in [-0.2, 0) is 9.47 Å². The van der Waals surface area contributed by atoms with E-state index in [9.17, 15) is 9.59 Å². The summed E-state index contributed by atoms with van der Waals surface area (Å²) < 4.78 is 18.1. The molecule has 34 heavy (non-hydrogen) atoms. The van der Waals surface area contributed by atoms with Crippen LogP contribution < -0.4 is 4.74 Å². The Morgan fingerprint density at radius 3 is 2.44 bits per heavy atom. The maximum atomic E-state index is 12.9. The maximum absolute atomic E-state index is 12.9. The second kappa shape index (κ2) is 12.0. The molecule has 0 atom stereocenters. The van der Waals surface area contributed by atoms with Gasteiger partial charge in [-0.2, -0.15) is 10.4 Å². The third kappa shape index (κ3) is 5.64. The summed E-state index contributed by atoms with van der Waals surface area (Å²) in [6, 6.07) is 16.5. The van der Waals surface area contributed by atoms with Crippen LogP contribution in [0.25, 0.3) is 16.9 Å². The lowest BCUT2D eigenvalue weighted by molar-refractivity contribution is 0.0549.